The predicted molar refractivity (Wildman–Crippen MR) is 121 cm³/mol. The van der Waals surface area contributed by atoms with Gasteiger partial charge >= 0.3 is 0 Å². The molecule has 0 bridgehead atoms. The average Bonchev–Trinajstić information content (AvgIpc) is 3.04. The summed E-state index contributed by atoms with van der Waals surface area (Å²) in [7, 11) is 6.16. The molecule has 0 spiro atoms. The van der Waals surface area contributed by atoms with Crippen LogP contribution in [0.2, 0.25) is 0 Å². The third kappa shape index (κ3) is 3.09. The van der Waals surface area contributed by atoms with E-state index in [9.17, 15) is 0 Å². The van der Waals surface area contributed by atoms with Crippen molar-refractivity contribution in [3.05, 3.63) is 84.7 Å². The van der Waals surface area contributed by atoms with E-state index < -0.39 is 0 Å². The van der Waals surface area contributed by atoms with E-state index in [1.165, 1.54) is 32.7 Å². The molecule has 5 rings (SSSR count). The molecule has 1 aromatic heterocycles. The second kappa shape index (κ2) is 7.35. The van der Waals surface area contributed by atoms with Crippen molar-refractivity contribution in [1.29, 1.82) is 0 Å². The minimum absolute atomic E-state index is 1.05. The van der Waals surface area contributed by atoms with Gasteiger partial charge in [-0.25, -0.2) is 4.98 Å². The van der Waals surface area contributed by atoms with Gasteiger partial charge in [-0.05, 0) is 29.8 Å². The average molecular weight is 367 g/mol. The maximum absolute atomic E-state index is 4.75. The van der Waals surface area contributed by atoms with Gasteiger partial charge in [-0.2, -0.15) is 0 Å². The van der Waals surface area contributed by atoms with Gasteiger partial charge in [0.05, 0.1) is 11.0 Å². The van der Waals surface area contributed by atoms with E-state index in [2.05, 4.69) is 84.1 Å². The Kier molecular flexibility index (Phi) is 4.74. The van der Waals surface area contributed by atoms with Crippen molar-refractivity contribution in [3.8, 4) is 0 Å². The van der Waals surface area contributed by atoms with E-state index >= 15 is 0 Å². The summed E-state index contributed by atoms with van der Waals surface area (Å²) in [6, 6.07) is 27.4. The quantitative estimate of drug-likeness (QED) is 0.342. The number of hydrogen-bond acceptors (Lipinski definition) is 2. The molecule has 0 radical (unpaired) electrons. The van der Waals surface area contributed by atoms with Crippen molar-refractivity contribution in [2.75, 3.05) is 19.0 Å². The van der Waals surface area contributed by atoms with E-state index in [0.29, 0.717) is 0 Å². The van der Waals surface area contributed by atoms with Crippen molar-refractivity contribution in [3.63, 3.8) is 0 Å². The molecule has 0 saturated carbocycles. The molecule has 4 aromatic carbocycles. The Hall–Kier alpha value is -3.33. The van der Waals surface area contributed by atoms with Crippen molar-refractivity contribution in [2.45, 2.75) is 6.92 Å². The molecule has 3 nitrogen and oxygen atoms in total. The Morgan fingerprint density at radius 1 is 0.679 bits per heavy atom. The smallest absolute Gasteiger partial charge is 0.106 e. The molecular formula is C25H25N3. The fourth-order valence-corrected chi connectivity index (χ4v) is 3.68. The maximum Gasteiger partial charge on any atom is 0.106 e. The van der Waals surface area contributed by atoms with Crippen molar-refractivity contribution < 1.29 is 0 Å². The Labute approximate surface area is 165 Å². The van der Waals surface area contributed by atoms with Crippen LogP contribution in [0.5, 0.6) is 0 Å². The Morgan fingerprint density at radius 2 is 1.18 bits per heavy atom. The molecule has 5 aromatic rings. The molecule has 0 N–H and O–H groups in total. The summed E-state index contributed by atoms with van der Waals surface area (Å²) in [6.45, 7) is 2.06. The van der Waals surface area contributed by atoms with E-state index in [4.69, 9.17) is 4.98 Å². The summed E-state index contributed by atoms with van der Waals surface area (Å²) in [5.74, 6) is 1.05. The third-order valence-electron chi connectivity index (χ3n) is 5.25. The number of nitrogens with zero attached hydrogens (tertiary/aromatic N) is 3. The summed E-state index contributed by atoms with van der Waals surface area (Å²) < 4.78 is 2.18. The normalized spacial score (nSPS) is 10.9. The van der Waals surface area contributed by atoms with Gasteiger partial charge in [0.2, 0.25) is 0 Å². The lowest BCUT2D eigenvalue weighted by Gasteiger charge is -2.10. The van der Waals surface area contributed by atoms with E-state index in [-0.39, 0.29) is 0 Å². The molecule has 1 heterocycles. The molecule has 0 saturated heterocycles. The van der Waals surface area contributed by atoms with Crippen LogP contribution in [0.1, 0.15) is 5.82 Å². The highest BCUT2D eigenvalue weighted by atomic mass is 15.1. The highest BCUT2D eigenvalue weighted by Gasteiger charge is 2.13. The number of benzene rings is 4. The van der Waals surface area contributed by atoms with Crippen LogP contribution < -0.4 is 4.90 Å². The predicted octanol–water partition coefficient (Wildman–Crippen LogP) is 5.94. The second-order valence-electron chi connectivity index (χ2n) is 7.24. The van der Waals surface area contributed by atoms with Crippen LogP contribution in [0.15, 0.2) is 78.9 Å². The highest BCUT2D eigenvalue weighted by molar-refractivity contribution is 6.23. The number of imidazole rings is 1. The standard InChI is InChI=1S/C17H14N2.C8H11N/c1-11-18-16-14-9-5-3-7-12(14)13-8-4-6-10-15(13)17(16)19(11)2;1-9(2)8-6-4-3-5-7-8/h3-10H,1-2H3;3-7H,1-2H3. The fourth-order valence-electron chi connectivity index (χ4n) is 3.68. The summed E-state index contributed by atoms with van der Waals surface area (Å²) in [5.41, 5.74) is 3.58. The maximum atomic E-state index is 4.75. The van der Waals surface area contributed by atoms with Crippen LogP contribution >= 0.6 is 0 Å². The largest absolute Gasteiger partial charge is 0.378 e. The van der Waals surface area contributed by atoms with Gasteiger partial charge in [-0.15, -0.1) is 0 Å². The Bertz CT molecular complexity index is 1250. The molecule has 0 atom stereocenters. The van der Waals surface area contributed by atoms with Gasteiger partial charge in [0.1, 0.15) is 5.82 Å². The first-order chi connectivity index (χ1) is 13.6. The number of anilines is 1. The van der Waals surface area contributed by atoms with E-state index in [1.807, 2.05) is 32.3 Å². The topological polar surface area (TPSA) is 21.1 Å². The van der Waals surface area contributed by atoms with Crippen LogP contribution in [-0.2, 0) is 7.05 Å². The third-order valence-corrected chi connectivity index (χ3v) is 5.25. The van der Waals surface area contributed by atoms with Crippen molar-refractivity contribution in [1.82, 2.24) is 9.55 Å². The number of para-hydroxylation sites is 1. The van der Waals surface area contributed by atoms with Crippen LogP contribution in [0.3, 0.4) is 0 Å². The van der Waals surface area contributed by atoms with Gasteiger partial charge in [-0.3, -0.25) is 0 Å². The van der Waals surface area contributed by atoms with Crippen LogP contribution in [0.4, 0.5) is 5.69 Å². The van der Waals surface area contributed by atoms with Gasteiger partial charge in [-0.1, -0.05) is 66.7 Å². The Morgan fingerprint density at radius 3 is 1.75 bits per heavy atom. The number of rotatable bonds is 1. The minimum Gasteiger partial charge on any atom is -0.378 e. The number of aryl methyl sites for hydroxylation is 2. The van der Waals surface area contributed by atoms with Crippen molar-refractivity contribution in [2.24, 2.45) is 7.05 Å². The lowest BCUT2D eigenvalue weighted by atomic mass is 10.00. The van der Waals surface area contributed by atoms with Gasteiger partial charge < -0.3 is 9.47 Å². The summed E-state index contributed by atoms with van der Waals surface area (Å²) in [5, 5.41) is 5.09. The molecule has 140 valence electrons. The number of aromatic nitrogens is 2. The molecule has 0 unspecified atom stereocenters. The first-order valence-electron chi connectivity index (χ1n) is 9.53. The zero-order valence-corrected chi connectivity index (χ0v) is 16.8. The monoisotopic (exact) mass is 367 g/mol. The molecule has 3 heteroatoms. The first kappa shape index (κ1) is 18.1. The molecule has 0 aliphatic heterocycles. The second-order valence-corrected chi connectivity index (χ2v) is 7.24. The Balaban J connectivity index is 0.000000181. The van der Waals surface area contributed by atoms with Gasteiger partial charge in [0.25, 0.3) is 0 Å². The molecular weight excluding hydrogens is 342 g/mol. The molecule has 28 heavy (non-hydrogen) atoms. The molecule has 0 amide bonds. The summed E-state index contributed by atoms with van der Waals surface area (Å²) >= 11 is 0. The van der Waals surface area contributed by atoms with Gasteiger partial charge in [0.15, 0.2) is 0 Å². The van der Waals surface area contributed by atoms with Gasteiger partial charge in [0, 0.05) is 37.6 Å². The van der Waals surface area contributed by atoms with Crippen LogP contribution in [-0.4, -0.2) is 23.6 Å². The van der Waals surface area contributed by atoms with Crippen LogP contribution in [0.25, 0.3) is 32.6 Å². The lowest BCUT2D eigenvalue weighted by Crippen LogP contribution is -2.07. The number of fused-ring (bicyclic) bond motifs is 6. The summed E-state index contributed by atoms with van der Waals surface area (Å²) in [4.78, 5) is 6.84. The molecule has 0 aliphatic rings. The van der Waals surface area contributed by atoms with E-state index in [0.717, 1.165) is 11.3 Å². The SMILES string of the molecule is CN(C)c1ccccc1.Cc1nc2c3ccccc3c3ccccc3c2n1C. The minimum atomic E-state index is 1.05. The molecule has 0 fully saturated rings. The number of hydrogen-bond donors (Lipinski definition) is 0. The van der Waals surface area contributed by atoms with E-state index in [1.54, 1.807) is 0 Å². The molecule has 0 aliphatic carbocycles. The van der Waals surface area contributed by atoms with Crippen molar-refractivity contribution >= 4 is 38.3 Å². The zero-order valence-electron chi connectivity index (χ0n) is 16.8. The zero-order chi connectivity index (χ0) is 19.7. The van der Waals surface area contributed by atoms with Crippen LogP contribution in [0, 0.1) is 6.92 Å². The lowest BCUT2D eigenvalue weighted by molar-refractivity contribution is 0.888. The highest BCUT2D eigenvalue weighted by Crippen LogP contribution is 2.34. The first-order valence-corrected chi connectivity index (χ1v) is 9.53. The fraction of sp³-hybridized carbons (Fsp3) is 0.160. The summed E-state index contributed by atoms with van der Waals surface area (Å²) in [6.07, 6.45) is 0.